The summed E-state index contributed by atoms with van der Waals surface area (Å²) in [6, 6.07) is 5.52. The Kier molecular flexibility index (Phi) is 7.84. The van der Waals surface area contributed by atoms with Gasteiger partial charge in [0.05, 0.1) is 6.54 Å². The van der Waals surface area contributed by atoms with Gasteiger partial charge in [-0.05, 0) is 79.7 Å². The Morgan fingerprint density at radius 2 is 1.68 bits per heavy atom. The summed E-state index contributed by atoms with van der Waals surface area (Å²) in [6.45, 7) is 2.89. The highest BCUT2D eigenvalue weighted by atomic mass is 19.2. The van der Waals surface area contributed by atoms with Crippen molar-refractivity contribution in [3.8, 4) is 0 Å². The largest absolute Gasteiger partial charge is 0.351 e. The first-order valence-corrected chi connectivity index (χ1v) is 12.9. The molecule has 34 heavy (non-hydrogen) atoms. The molecule has 1 N–H and O–H groups in total. The summed E-state index contributed by atoms with van der Waals surface area (Å²) >= 11 is 0. The summed E-state index contributed by atoms with van der Waals surface area (Å²) in [7, 11) is 0. The number of carbonyl (C=O) groups excluding carboxylic acids is 1. The number of nitrogens with zero attached hydrogens (tertiary/aromatic N) is 1. The maximum atomic E-state index is 13.9. The summed E-state index contributed by atoms with van der Waals surface area (Å²) in [5.41, 5.74) is 2.37. The van der Waals surface area contributed by atoms with Gasteiger partial charge in [0.15, 0.2) is 11.6 Å². The van der Waals surface area contributed by atoms with Gasteiger partial charge in [-0.3, -0.25) is 9.59 Å². The summed E-state index contributed by atoms with van der Waals surface area (Å²) < 4.78 is 29.0. The molecule has 1 amide bonds. The molecule has 4 rings (SSSR count). The minimum absolute atomic E-state index is 0.113. The van der Waals surface area contributed by atoms with Crippen molar-refractivity contribution in [2.75, 3.05) is 6.54 Å². The molecule has 0 bridgehead atoms. The van der Waals surface area contributed by atoms with Gasteiger partial charge in [-0.25, -0.2) is 8.78 Å². The standard InChI is InChI=1S/C28H36F2N2O2/c1-2-28(14-8-5-9-15-28)19-31-26(33)22-17-21-10-6-3-4-7-11-25(21)32(27(22)34)18-20-12-13-23(29)24(30)16-20/h12-13,16-17H,2-11,14-15,18-19H2,1H3,(H,31,33). The van der Waals surface area contributed by atoms with E-state index >= 15 is 0 Å². The second-order valence-corrected chi connectivity index (χ2v) is 10.2. The number of pyridine rings is 1. The molecule has 1 aromatic heterocycles. The first kappa shape index (κ1) is 24.6. The van der Waals surface area contributed by atoms with E-state index in [0.717, 1.165) is 81.2 Å². The van der Waals surface area contributed by atoms with E-state index in [-0.39, 0.29) is 29.0 Å². The summed E-state index contributed by atoms with van der Waals surface area (Å²) in [5, 5.41) is 3.08. The first-order chi connectivity index (χ1) is 16.4. The first-order valence-electron chi connectivity index (χ1n) is 12.9. The average Bonchev–Trinajstić information content (AvgIpc) is 2.83. The minimum atomic E-state index is -0.931. The number of aryl methyl sites for hydroxylation is 1. The molecule has 2 aromatic rings. The second kappa shape index (κ2) is 10.8. The van der Waals surface area contributed by atoms with Crippen LogP contribution < -0.4 is 10.9 Å². The van der Waals surface area contributed by atoms with Crippen LogP contribution in [0.4, 0.5) is 8.78 Å². The molecule has 6 heteroatoms. The van der Waals surface area contributed by atoms with Crippen LogP contribution in [0.5, 0.6) is 0 Å². The number of rotatable bonds is 6. The van der Waals surface area contributed by atoms with Crippen molar-refractivity contribution in [1.82, 2.24) is 9.88 Å². The van der Waals surface area contributed by atoms with E-state index < -0.39 is 11.6 Å². The van der Waals surface area contributed by atoms with E-state index in [1.165, 1.54) is 25.3 Å². The summed E-state index contributed by atoms with van der Waals surface area (Å²) in [4.78, 5) is 26.8. The van der Waals surface area contributed by atoms with E-state index in [1.807, 2.05) is 0 Å². The van der Waals surface area contributed by atoms with Crippen molar-refractivity contribution in [3.05, 3.63) is 68.6 Å². The number of hydrogen-bond acceptors (Lipinski definition) is 2. The molecular weight excluding hydrogens is 434 g/mol. The molecule has 0 aliphatic heterocycles. The van der Waals surface area contributed by atoms with Gasteiger partial charge in [0, 0.05) is 12.2 Å². The topological polar surface area (TPSA) is 51.1 Å². The van der Waals surface area contributed by atoms with E-state index in [4.69, 9.17) is 0 Å². The lowest BCUT2D eigenvalue weighted by Gasteiger charge is -2.36. The predicted octanol–water partition coefficient (Wildman–Crippen LogP) is 5.92. The molecule has 1 saturated carbocycles. The van der Waals surface area contributed by atoms with Crippen LogP contribution >= 0.6 is 0 Å². The molecule has 184 valence electrons. The van der Waals surface area contributed by atoms with Crippen molar-refractivity contribution in [2.24, 2.45) is 5.41 Å². The highest BCUT2D eigenvalue weighted by Crippen LogP contribution is 2.38. The van der Waals surface area contributed by atoms with Crippen molar-refractivity contribution in [3.63, 3.8) is 0 Å². The van der Waals surface area contributed by atoms with Crippen molar-refractivity contribution in [2.45, 2.75) is 90.5 Å². The molecule has 1 aromatic carbocycles. The third kappa shape index (κ3) is 5.42. The third-order valence-electron chi connectivity index (χ3n) is 7.96. The Labute approximate surface area is 200 Å². The molecule has 0 atom stereocenters. The number of benzene rings is 1. The maximum Gasteiger partial charge on any atom is 0.263 e. The van der Waals surface area contributed by atoms with Crippen LogP contribution in [-0.4, -0.2) is 17.0 Å². The Hall–Kier alpha value is -2.50. The van der Waals surface area contributed by atoms with Crippen LogP contribution in [0.25, 0.3) is 0 Å². The molecular formula is C28H36F2N2O2. The molecule has 4 nitrogen and oxygen atoms in total. The number of aromatic nitrogens is 1. The number of carbonyl (C=O) groups is 1. The van der Waals surface area contributed by atoms with Crippen LogP contribution in [0.3, 0.4) is 0 Å². The number of halogens is 2. The van der Waals surface area contributed by atoms with Crippen molar-refractivity contribution < 1.29 is 13.6 Å². The fraction of sp³-hybridized carbons (Fsp3) is 0.571. The number of fused-ring (bicyclic) bond motifs is 1. The van der Waals surface area contributed by atoms with Crippen LogP contribution in [0.2, 0.25) is 0 Å². The predicted molar refractivity (Wildman–Crippen MR) is 130 cm³/mol. The van der Waals surface area contributed by atoms with Crippen LogP contribution in [-0.2, 0) is 19.4 Å². The summed E-state index contributed by atoms with van der Waals surface area (Å²) in [5.74, 6) is -2.17. The maximum absolute atomic E-state index is 13.9. The molecule has 0 spiro atoms. The van der Waals surface area contributed by atoms with Gasteiger partial charge < -0.3 is 9.88 Å². The molecule has 0 saturated heterocycles. The zero-order valence-electron chi connectivity index (χ0n) is 20.2. The highest BCUT2D eigenvalue weighted by molar-refractivity contribution is 5.94. The SMILES string of the molecule is CCC1(CNC(=O)c2cc3c(n(Cc4ccc(F)c(F)c4)c2=O)CCCCCC3)CCCCC1. The molecule has 2 aliphatic rings. The van der Waals surface area contributed by atoms with Crippen LogP contribution in [0, 0.1) is 17.0 Å². The van der Waals surface area contributed by atoms with Gasteiger partial charge in [0.2, 0.25) is 0 Å². The Morgan fingerprint density at radius 3 is 2.38 bits per heavy atom. The monoisotopic (exact) mass is 470 g/mol. The lowest BCUT2D eigenvalue weighted by Crippen LogP contribution is -2.41. The fourth-order valence-electron chi connectivity index (χ4n) is 5.70. The van der Waals surface area contributed by atoms with E-state index in [9.17, 15) is 18.4 Å². The molecule has 0 unspecified atom stereocenters. The average molecular weight is 471 g/mol. The Bertz CT molecular complexity index is 1090. The fourth-order valence-corrected chi connectivity index (χ4v) is 5.70. The minimum Gasteiger partial charge on any atom is -0.351 e. The molecule has 2 aliphatic carbocycles. The lowest BCUT2D eigenvalue weighted by molar-refractivity contribution is 0.0903. The second-order valence-electron chi connectivity index (χ2n) is 10.2. The van der Waals surface area contributed by atoms with Gasteiger partial charge in [0.25, 0.3) is 11.5 Å². The normalized spacial score (nSPS) is 18.0. The van der Waals surface area contributed by atoms with Gasteiger partial charge in [0.1, 0.15) is 5.56 Å². The quantitative estimate of drug-likeness (QED) is 0.569. The molecule has 0 radical (unpaired) electrons. The van der Waals surface area contributed by atoms with Gasteiger partial charge in [-0.1, -0.05) is 45.1 Å². The number of hydrogen-bond donors (Lipinski definition) is 1. The lowest BCUT2D eigenvalue weighted by atomic mass is 9.72. The summed E-state index contributed by atoms with van der Waals surface area (Å²) in [6.07, 6.45) is 12.6. The van der Waals surface area contributed by atoms with E-state index in [2.05, 4.69) is 12.2 Å². The number of amides is 1. The van der Waals surface area contributed by atoms with Gasteiger partial charge >= 0.3 is 0 Å². The van der Waals surface area contributed by atoms with E-state index in [1.54, 1.807) is 10.6 Å². The van der Waals surface area contributed by atoms with Gasteiger partial charge in [-0.15, -0.1) is 0 Å². The van der Waals surface area contributed by atoms with Crippen LogP contribution in [0.1, 0.15) is 98.3 Å². The molecule has 1 fully saturated rings. The third-order valence-corrected chi connectivity index (χ3v) is 7.96. The van der Waals surface area contributed by atoms with Crippen molar-refractivity contribution in [1.29, 1.82) is 0 Å². The zero-order valence-corrected chi connectivity index (χ0v) is 20.2. The Morgan fingerprint density at radius 1 is 0.971 bits per heavy atom. The molecule has 1 heterocycles. The van der Waals surface area contributed by atoms with Crippen molar-refractivity contribution >= 4 is 5.91 Å². The smallest absolute Gasteiger partial charge is 0.263 e. The highest BCUT2D eigenvalue weighted by Gasteiger charge is 2.31. The van der Waals surface area contributed by atoms with Crippen LogP contribution in [0.15, 0.2) is 29.1 Å². The Balaban J connectivity index is 1.67. The zero-order chi connectivity index (χ0) is 24.1. The van der Waals surface area contributed by atoms with E-state index in [0.29, 0.717) is 12.1 Å². The number of nitrogens with one attached hydrogen (secondary N) is 1. The van der Waals surface area contributed by atoms with Gasteiger partial charge in [-0.2, -0.15) is 0 Å².